The van der Waals surface area contributed by atoms with Crippen molar-refractivity contribution in [3.05, 3.63) is 50.2 Å². The van der Waals surface area contributed by atoms with Crippen LogP contribution in [0.3, 0.4) is 0 Å². The minimum atomic E-state index is -0.197. The Balaban J connectivity index is 2.05. The molecule has 0 atom stereocenters. The standard InChI is InChI=1S/C12H10ClIN2O2/c1-7-5-15-11(18-7)6-16-12(17)9-4-8(13)2-3-10(9)14/h2-5H,6H2,1H3,(H,16,17). The third-order valence-electron chi connectivity index (χ3n) is 2.24. The van der Waals surface area contributed by atoms with Crippen molar-refractivity contribution >= 4 is 40.1 Å². The lowest BCUT2D eigenvalue weighted by atomic mass is 10.2. The largest absolute Gasteiger partial charge is 0.444 e. The number of aromatic nitrogens is 1. The number of carbonyl (C=O) groups is 1. The van der Waals surface area contributed by atoms with Crippen LogP contribution in [0.4, 0.5) is 0 Å². The second-order valence-electron chi connectivity index (χ2n) is 3.67. The van der Waals surface area contributed by atoms with Crippen LogP contribution in [0.2, 0.25) is 5.02 Å². The van der Waals surface area contributed by atoms with Crippen molar-refractivity contribution in [2.24, 2.45) is 0 Å². The molecule has 0 bridgehead atoms. The van der Waals surface area contributed by atoms with Crippen LogP contribution >= 0.6 is 34.2 Å². The third kappa shape index (κ3) is 3.23. The summed E-state index contributed by atoms with van der Waals surface area (Å²) >= 11 is 7.96. The van der Waals surface area contributed by atoms with Gasteiger partial charge in [0.15, 0.2) is 0 Å². The molecule has 0 aliphatic heterocycles. The van der Waals surface area contributed by atoms with Crippen LogP contribution in [-0.2, 0) is 6.54 Å². The first-order chi connectivity index (χ1) is 8.56. The van der Waals surface area contributed by atoms with Gasteiger partial charge in [0, 0.05) is 8.59 Å². The molecule has 0 aliphatic rings. The Morgan fingerprint density at radius 1 is 1.56 bits per heavy atom. The summed E-state index contributed by atoms with van der Waals surface area (Å²) in [5.41, 5.74) is 0.548. The van der Waals surface area contributed by atoms with Gasteiger partial charge >= 0.3 is 0 Å². The molecule has 0 saturated carbocycles. The Morgan fingerprint density at radius 2 is 2.33 bits per heavy atom. The fourth-order valence-corrected chi connectivity index (χ4v) is 2.16. The van der Waals surface area contributed by atoms with Crippen LogP contribution in [0.1, 0.15) is 22.0 Å². The number of carbonyl (C=O) groups excluding carboxylic acids is 1. The van der Waals surface area contributed by atoms with Crippen molar-refractivity contribution < 1.29 is 9.21 Å². The highest BCUT2D eigenvalue weighted by Gasteiger charge is 2.11. The highest BCUT2D eigenvalue weighted by Crippen LogP contribution is 2.17. The van der Waals surface area contributed by atoms with Gasteiger partial charge in [0.05, 0.1) is 18.3 Å². The predicted octanol–water partition coefficient (Wildman–Crippen LogP) is 3.17. The minimum absolute atomic E-state index is 0.197. The molecule has 94 valence electrons. The van der Waals surface area contributed by atoms with E-state index in [1.165, 1.54) is 0 Å². The molecule has 1 aromatic heterocycles. The quantitative estimate of drug-likeness (QED) is 0.837. The van der Waals surface area contributed by atoms with E-state index in [0.29, 0.717) is 16.5 Å². The highest BCUT2D eigenvalue weighted by molar-refractivity contribution is 14.1. The average molecular weight is 377 g/mol. The molecular weight excluding hydrogens is 367 g/mol. The number of aryl methyl sites for hydroxylation is 1. The number of nitrogens with one attached hydrogen (secondary N) is 1. The van der Waals surface area contributed by atoms with E-state index in [4.69, 9.17) is 16.0 Å². The number of rotatable bonds is 3. The first-order valence-corrected chi connectivity index (χ1v) is 6.66. The molecule has 1 heterocycles. The van der Waals surface area contributed by atoms with Crippen LogP contribution < -0.4 is 5.32 Å². The van der Waals surface area contributed by atoms with Crippen molar-refractivity contribution in [2.75, 3.05) is 0 Å². The number of benzene rings is 1. The first kappa shape index (κ1) is 13.4. The smallest absolute Gasteiger partial charge is 0.252 e. The van der Waals surface area contributed by atoms with E-state index in [-0.39, 0.29) is 12.5 Å². The summed E-state index contributed by atoms with van der Waals surface area (Å²) in [5, 5.41) is 3.27. The Hall–Kier alpha value is -1.08. The summed E-state index contributed by atoms with van der Waals surface area (Å²) in [6, 6.07) is 5.18. The Kier molecular flexibility index (Phi) is 4.23. The number of oxazole rings is 1. The number of nitrogens with zero attached hydrogens (tertiary/aromatic N) is 1. The fourth-order valence-electron chi connectivity index (χ4n) is 1.41. The zero-order valence-corrected chi connectivity index (χ0v) is 12.4. The minimum Gasteiger partial charge on any atom is -0.444 e. The van der Waals surface area contributed by atoms with Crippen LogP contribution in [-0.4, -0.2) is 10.9 Å². The summed E-state index contributed by atoms with van der Waals surface area (Å²) in [5.74, 6) is 1.01. The summed E-state index contributed by atoms with van der Waals surface area (Å²) in [4.78, 5) is 16.0. The molecule has 0 spiro atoms. The zero-order chi connectivity index (χ0) is 13.1. The van der Waals surface area contributed by atoms with Gasteiger partial charge in [-0.2, -0.15) is 0 Å². The van der Waals surface area contributed by atoms with Crippen LogP contribution in [0.5, 0.6) is 0 Å². The van der Waals surface area contributed by atoms with Gasteiger partial charge < -0.3 is 9.73 Å². The summed E-state index contributed by atoms with van der Waals surface area (Å²) in [6.45, 7) is 2.06. The molecule has 0 unspecified atom stereocenters. The molecule has 4 nitrogen and oxygen atoms in total. The SMILES string of the molecule is Cc1cnc(CNC(=O)c2cc(Cl)ccc2I)o1. The molecule has 1 N–H and O–H groups in total. The first-order valence-electron chi connectivity index (χ1n) is 5.21. The summed E-state index contributed by atoms with van der Waals surface area (Å²) in [6.07, 6.45) is 1.62. The van der Waals surface area contributed by atoms with Gasteiger partial charge in [0.2, 0.25) is 5.89 Å². The van der Waals surface area contributed by atoms with Gasteiger partial charge in [0.1, 0.15) is 5.76 Å². The molecule has 0 radical (unpaired) electrons. The lowest BCUT2D eigenvalue weighted by Crippen LogP contribution is -2.23. The number of hydrogen-bond acceptors (Lipinski definition) is 3. The highest BCUT2D eigenvalue weighted by atomic mass is 127. The Labute approximate surface area is 123 Å². The zero-order valence-electron chi connectivity index (χ0n) is 9.54. The molecule has 6 heteroatoms. The molecule has 18 heavy (non-hydrogen) atoms. The van der Waals surface area contributed by atoms with Crippen LogP contribution in [0.15, 0.2) is 28.8 Å². The molecular formula is C12H10ClIN2O2. The second kappa shape index (κ2) is 5.71. The number of amides is 1. The van der Waals surface area contributed by atoms with Gasteiger partial charge in [-0.1, -0.05) is 11.6 Å². The molecule has 0 aliphatic carbocycles. The van der Waals surface area contributed by atoms with Gasteiger partial charge in [-0.15, -0.1) is 0 Å². The number of halogens is 2. The van der Waals surface area contributed by atoms with Crippen LogP contribution in [0.25, 0.3) is 0 Å². The van der Waals surface area contributed by atoms with Gasteiger partial charge in [-0.25, -0.2) is 4.98 Å². The molecule has 1 aromatic carbocycles. The maximum absolute atomic E-state index is 12.0. The average Bonchev–Trinajstić information content (AvgIpc) is 2.75. The van der Waals surface area contributed by atoms with E-state index in [0.717, 1.165) is 9.33 Å². The second-order valence-corrected chi connectivity index (χ2v) is 5.27. The normalized spacial score (nSPS) is 10.4. The molecule has 0 fully saturated rings. The molecule has 2 aromatic rings. The molecule has 1 amide bonds. The third-order valence-corrected chi connectivity index (χ3v) is 3.42. The van der Waals surface area contributed by atoms with Crippen molar-refractivity contribution in [1.82, 2.24) is 10.3 Å². The van der Waals surface area contributed by atoms with E-state index in [9.17, 15) is 4.79 Å². The molecule has 0 saturated heterocycles. The van der Waals surface area contributed by atoms with Crippen molar-refractivity contribution in [1.29, 1.82) is 0 Å². The lowest BCUT2D eigenvalue weighted by molar-refractivity contribution is 0.0946. The van der Waals surface area contributed by atoms with E-state index in [2.05, 4.69) is 32.9 Å². The Bertz CT molecular complexity index is 583. The van der Waals surface area contributed by atoms with Crippen LogP contribution in [0, 0.1) is 10.5 Å². The van der Waals surface area contributed by atoms with E-state index in [1.54, 1.807) is 31.3 Å². The van der Waals surface area contributed by atoms with Gasteiger partial charge in [0.25, 0.3) is 5.91 Å². The van der Waals surface area contributed by atoms with Crippen molar-refractivity contribution in [3.8, 4) is 0 Å². The molecule has 2 rings (SSSR count). The van der Waals surface area contributed by atoms with E-state index < -0.39 is 0 Å². The number of hydrogen-bond donors (Lipinski definition) is 1. The van der Waals surface area contributed by atoms with Gasteiger partial charge in [-0.3, -0.25) is 4.79 Å². The predicted molar refractivity (Wildman–Crippen MR) is 76.6 cm³/mol. The maximum atomic E-state index is 12.0. The monoisotopic (exact) mass is 376 g/mol. The van der Waals surface area contributed by atoms with E-state index in [1.807, 2.05) is 0 Å². The van der Waals surface area contributed by atoms with Gasteiger partial charge in [-0.05, 0) is 47.7 Å². The fraction of sp³-hybridized carbons (Fsp3) is 0.167. The lowest BCUT2D eigenvalue weighted by Gasteiger charge is -2.05. The van der Waals surface area contributed by atoms with Crippen molar-refractivity contribution in [2.45, 2.75) is 13.5 Å². The topological polar surface area (TPSA) is 55.1 Å². The van der Waals surface area contributed by atoms with E-state index >= 15 is 0 Å². The Morgan fingerprint density at radius 3 is 3.00 bits per heavy atom. The van der Waals surface area contributed by atoms with Crippen molar-refractivity contribution in [3.63, 3.8) is 0 Å². The maximum Gasteiger partial charge on any atom is 0.252 e. The summed E-state index contributed by atoms with van der Waals surface area (Å²) < 4.78 is 6.12. The summed E-state index contributed by atoms with van der Waals surface area (Å²) in [7, 11) is 0.